The third kappa shape index (κ3) is 8.49. The SMILES string of the molecule is O=C(O)C(O)C(O)C(=O)O.O=C(O)CN(Cc1ccccc1C(F)(F)F)[C@H]1CCNC1. The highest BCUT2D eigenvalue weighted by Gasteiger charge is 2.34. The van der Waals surface area contributed by atoms with Gasteiger partial charge in [-0.15, -0.1) is 0 Å². The van der Waals surface area contributed by atoms with Crippen molar-refractivity contribution >= 4 is 17.9 Å². The number of nitrogens with zero attached hydrogens (tertiary/aromatic N) is 1. The molecule has 1 heterocycles. The number of nitrogens with one attached hydrogen (secondary N) is 1. The standard InChI is InChI=1S/C14H17F3N2O2.C4H6O6/c15-14(16,17)12-4-2-1-3-10(12)8-19(9-13(20)21)11-5-6-18-7-11;5-1(3(7)8)2(6)4(9)10/h1-4,11,18H,5-9H2,(H,20,21);1-2,5-6H,(H,7,8)(H,9,10)/t11-;/m0./s1. The van der Waals surface area contributed by atoms with Crippen LogP contribution in [0.5, 0.6) is 0 Å². The first-order valence-corrected chi connectivity index (χ1v) is 8.98. The number of halogens is 3. The quantitative estimate of drug-likeness (QED) is 0.312. The maximum Gasteiger partial charge on any atom is 0.416 e. The summed E-state index contributed by atoms with van der Waals surface area (Å²) in [6, 6.07) is 5.25. The van der Waals surface area contributed by atoms with E-state index in [0.29, 0.717) is 6.54 Å². The van der Waals surface area contributed by atoms with Gasteiger partial charge in [0.15, 0.2) is 12.2 Å². The van der Waals surface area contributed by atoms with Crippen molar-refractivity contribution in [1.82, 2.24) is 10.2 Å². The summed E-state index contributed by atoms with van der Waals surface area (Å²) in [5.41, 5.74) is -0.593. The highest BCUT2D eigenvalue weighted by atomic mass is 19.4. The van der Waals surface area contributed by atoms with Crippen LogP contribution in [-0.4, -0.2) is 86.2 Å². The van der Waals surface area contributed by atoms with E-state index in [2.05, 4.69) is 5.32 Å². The zero-order chi connectivity index (χ0) is 23.8. The molecule has 0 radical (unpaired) electrons. The first-order valence-electron chi connectivity index (χ1n) is 8.98. The van der Waals surface area contributed by atoms with E-state index in [1.807, 2.05) is 0 Å². The van der Waals surface area contributed by atoms with Crippen molar-refractivity contribution in [3.05, 3.63) is 35.4 Å². The van der Waals surface area contributed by atoms with Gasteiger partial charge in [-0.05, 0) is 24.6 Å². The van der Waals surface area contributed by atoms with Gasteiger partial charge in [-0.2, -0.15) is 13.2 Å². The summed E-state index contributed by atoms with van der Waals surface area (Å²) in [4.78, 5) is 32.1. The van der Waals surface area contributed by atoms with Gasteiger partial charge in [-0.25, -0.2) is 9.59 Å². The number of carboxylic acid groups (broad SMARTS) is 3. The number of hydrogen-bond donors (Lipinski definition) is 6. The second-order valence-electron chi connectivity index (χ2n) is 6.67. The van der Waals surface area contributed by atoms with E-state index in [9.17, 15) is 27.6 Å². The number of aliphatic hydroxyl groups is 2. The van der Waals surface area contributed by atoms with Crippen LogP contribution in [0.3, 0.4) is 0 Å². The van der Waals surface area contributed by atoms with Crippen LogP contribution in [0.1, 0.15) is 17.5 Å². The molecule has 0 aliphatic carbocycles. The van der Waals surface area contributed by atoms with Crippen LogP contribution in [0.4, 0.5) is 13.2 Å². The Labute approximate surface area is 174 Å². The van der Waals surface area contributed by atoms with E-state index in [0.717, 1.165) is 19.0 Å². The van der Waals surface area contributed by atoms with Crippen LogP contribution in [0.2, 0.25) is 0 Å². The number of carboxylic acids is 3. The molecule has 0 bridgehead atoms. The van der Waals surface area contributed by atoms with Crippen LogP contribution >= 0.6 is 0 Å². The molecule has 0 amide bonds. The number of carbonyl (C=O) groups is 3. The molecule has 0 spiro atoms. The van der Waals surface area contributed by atoms with Crippen molar-refractivity contribution in [2.75, 3.05) is 19.6 Å². The van der Waals surface area contributed by atoms with Gasteiger partial charge in [-0.3, -0.25) is 9.69 Å². The van der Waals surface area contributed by atoms with Gasteiger partial charge in [0.1, 0.15) is 0 Å². The van der Waals surface area contributed by atoms with E-state index in [4.69, 9.17) is 25.5 Å². The van der Waals surface area contributed by atoms with Crippen molar-refractivity contribution in [3.63, 3.8) is 0 Å². The molecule has 0 aromatic heterocycles. The Bertz CT molecular complexity index is 750. The average Bonchev–Trinajstić information content (AvgIpc) is 3.20. The molecule has 31 heavy (non-hydrogen) atoms. The first kappa shape index (κ1) is 26.3. The Morgan fingerprint density at radius 3 is 2.03 bits per heavy atom. The summed E-state index contributed by atoms with van der Waals surface area (Å²) >= 11 is 0. The fraction of sp³-hybridized carbons (Fsp3) is 0.500. The zero-order valence-corrected chi connectivity index (χ0v) is 16.1. The molecule has 2 unspecified atom stereocenters. The maximum atomic E-state index is 13.0. The molecule has 2 rings (SSSR count). The molecular weight excluding hydrogens is 429 g/mol. The van der Waals surface area contributed by atoms with Gasteiger partial charge in [0.25, 0.3) is 0 Å². The molecular formula is C18H23F3N2O8. The Balaban J connectivity index is 0.000000407. The molecule has 1 aliphatic heterocycles. The Morgan fingerprint density at radius 2 is 1.61 bits per heavy atom. The molecule has 1 aromatic carbocycles. The average molecular weight is 452 g/mol. The normalized spacial score (nSPS) is 18.1. The van der Waals surface area contributed by atoms with E-state index in [1.165, 1.54) is 18.2 Å². The van der Waals surface area contributed by atoms with Crippen LogP contribution in [0.25, 0.3) is 0 Å². The van der Waals surface area contributed by atoms with Crippen LogP contribution in [0, 0.1) is 0 Å². The van der Waals surface area contributed by atoms with Gasteiger partial charge >= 0.3 is 24.1 Å². The summed E-state index contributed by atoms with van der Waals surface area (Å²) in [5, 5.41) is 44.6. The van der Waals surface area contributed by atoms with Gasteiger partial charge in [0.2, 0.25) is 0 Å². The molecule has 1 saturated heterocycles. The van der Waals surface area contributed by atoms with Crippen LogP contribution < -0.4 is 5.32 Å². The monoisotopic (exact) mass is 452 g/mol. The van der Waals surface area contributed by atoms with Gasteiger partial charge in [0.05, 0.1) is 12.1 Å². The lowest BCUT2D eigenvalue weighted by Gasteiger charge is -2.27. The molecule has 3 atom stereocenters. The topological polar surface area (TPSA) is 168 Å². The van der Waals surface area contributed by atoms with E-state index < -0.39 is 41.9 Å². The summed E-state index contributed by atoms with van der Waals surface area (Å²) in [6.45, 7) is 1.07. The predicted octanol–water partition coefficient (Wildman–Crippen LogP) is -0.169. The van der Waals surface area contributed by atoms with Crippen molar-refractivity contribution in [3.8, 4) is 0 Å². The number of aliphatic carboxylic acids is 3. The van der Waals surface area contributed by atoms with Gasteiger partial charge in [-0.1, -0.05) is 18.2 Å². The number of rotatable bonds is 8. The molecule has 174 valence electrons. The van der Waals surface area contributed by atoms with Gasteiger partial charge < -0.3 is 30.8 Å². The van der Waals surface area contributed by atoms with Crippen LogP contribution in [0.15, 0.2) is 24.3 Å². The lowest BCUT2D eigenvalue weighted by atomic mass is 10.1. The first-order chi connectivity index (χ1) is 14.3. The zero-order valence-electron chi connectivity index (χ0n) is 16.1. The minimum Gasteiger partial charge on any atom is -0.480 e. The third-order valence-electron chi connectivity index (χ3n) is 4.39. The molecule has 6 N–H and O–H groups in total. The number of aliphatic hydroxyl groups excluding tert-OH is 2. The van der Waals surface area contributed by atoms with E-state index in [1.54, 1.807) is 4.90 Å². The van der Waals surface area contributed by atoms with E-state index >= 15 is 0 Å². The van der Waals surface area contributed by atoms with Crippen LogP contribution in [-0.2, 0) is 27.1 Å². The highest BCUT2D eigenvalue weighted by Crippen LogP contribution is 2.32. The predicted molar refractivity (Wildman–Crippen MR) is 98.0 cm³/mol. The fourth-order valence-corrected chi connectivity index (χ4v) is 2.86. The largest absolute Gasteiger partial charge is 0.480 e. The molecule has 13 heteroatoms. The third-order valence-corrected chi connectivity index (χ3v) is 4.39. The lowest BCUT2D eigenvalue weighted by Crippen LogP contribution is -2.40. The Morgan fingerprint density at radius 1 is 1.06 bits per heavy atom. The Hall–Kier alpha value is -2.74. The van der Waals surface area contributed by atoms with Crippen molar-refractivity contribution < 1.29 is 53.1 Å². The minimum absolute atomic E-state index is 0.0195. The second kappa shape index (κ2) is 11.6. The fourth-order valence-electron chi connectivity index (χ4n) is 2.86. The molecule has 1 aromatic rings. The lowest BCUT2D eigenvalue weighted by molar-refractivity contribution is -0.165. The Kier molecular flexibility index (Phi) is 9.84. The summed E-state index contributed by atoms with van der Waals surface area (Å²) in [5.74, 6) is -4.57. The highest BCUT2D eigenvalue weighted by molar-refractivity contribution is 5.83. The van der Waals surface area contributed by atoms with Crippen molar-refractivity contribution in [1.29, 1.82) is 0 Å². The summed E-state index contributed by atoms with van der Waals surface area (Å²) in [6.07, 6.45) is -8.23. The minimum atomic E-state index is -4.43. The van der Waals surface area contributed by atoms with Gasteiger partial charge in [0, 0.05) is 19.1 Å². The second-order valence-corrected chi connectivity index (χ2v) is 6.67. The number of benzene rings is 1. The van der Waals surface area contributed by atoms with Crippen molar-refractivity contribution in [2.45, 2.75) is 37.4 Å². The number of hydrogen-bond acceptors (Lipinski definition) is 7. The smallest absolute Gasteiger partial charge is 0.416 e. The summed E-state index contributed by atoms with van der Waals surface area (Å²) in [7, 11) is 0. The number of alkyl halides is 3. The van der Waals surface area contributed by atoms with E-state index in [-0.39, 0.29) is 24.7 Å². The van der Waals surface area contributed by atoms with Crippen molar-refractivity contribution in [2.24, 2.45) is 0 Å². The summed E-state index contributed by atoms with van der Waals surface area (Å²) < 4.78 is 39.0. The maximum absolute atomic E-state index is 13.0. The molecule has 1 fully saturated rings. The molecule has 0 saturated carbocycles. The molecule has 10 nitrogen and oxygen atoms in total. The molecule has 1 aliphatic rings.